The van der Waals surface area contributed by atoms with Crippen LogP contribution in [-0.4, -0.2) is 41.8 Å². The molecule has 4 aromatic rings. The summed E-state index contributed by atoms with van der Waals surface area (Å²) in [5.41, 5.74) is 0.297. The summed E-state index contributed by atoms with van der Waals surface area (Å²) in [6.45, 7) is 1.98. The molecular weight excluding hydrogens is 473 g/mol. The molecule has 0 radical (unpaired) electrons. The number of carbonyl (C=O) groups is 1. The maximum Gasteiger partial charge on any atom is 0.420 e. The van der Waals surface area contributed by atoms with Crippen molar-refractivity contribution in [3.05, 3.63) is 59.7 Å². The summed E-state index contributed by atoms with van der Waals surface area (Å²) >= 11 is 0. The normalized spacial score (nSPS) is 12.6. The Hall–Kier alpha value is -3.74. The van der Waals surface area contributed by atoms with Crippen molar-refractivity contribution in [2.75, 3.05) is 11.8 Å². The van der Waals surface area contributed by atoms with Gasteiger partial charge in [-0.2, -0.15) is 23.4 Å². The Bertz CT molecular complexity index is 1400. The second kappa shape index (κ2) is 8.89. The number of methoxy groups -OCH3 is 1. The molecule has 3 aromatic heterocycles. The van der Waals surface area contributed by atoms with Crippen LogP contribution in [0, 0.1) is 0 Å². The number of aromatic nitrogens is 5. The number of nitrogens with zero attached hydrogens (tertiary/aromatic N) is 5. The number of fused-ring (bicyclic) bond motifs is 1. The van der Waals surface area contributed by atoms with Gasteiger partial charge >= 0.3 is 12.1 Å². The van der Waals surface area contributed by atoms with E-state index in [0.29, 0.717) is 23.2 Å². The Morgan fingerprint density at radius 1 is 1.21 bits per heavy atom. The van der Waals surface area contributed by atoms with Gasteiger partial charge in [-0.05, 0) is 24.1 Å². The molecule has 0 fully saturated rings. The second-order valence-electron chi connectivity index (χ2n) is 7.21. The van der Waals surface area contributed by atoms with E-state index in [1.54, 1.807) is 17.9 Å². The topological polar surface area (TPSA) is 104 Å². The Labute approximate surface area is 194 Å². The second-order valence-corrected chi connectivity index (χ2v) is 8.42. The fourth-order valence-corrected chi connectivity index (χ4v) is 4.30. The fourth-order valence-electron chi connectivity index (χ4n) is 3.43. The van der Waals surface area contributed by atoms with Crippen LogP contribution >= 0.6 is 0 Å². The van der Waals surface area contributed by atoms with Gasteiger partial charge in [-0.25, -0.2) is 18.7 Å². The first-order valence-electron chi connectivity index (χ1n) is 9.97. The standard InChI is InChI=1S/C21H19F3N6O3S/c1-4-12-5-6-13-9-26-29(2)19(13)17(12)28-34(32)14-7-8-16(25-10-14)30-11-15(21(22,23)24)18(27-30)20(31)33-3/h5-11,28H,4H2,1-3H3. The molecule has 3 heterocycles. The van der Waals surface area contributed by atoms with Gasteiger partial charge in [0.1, 0.15) is 5.56 Å². The largest absolute Gasteiger partial charge is 0.464 e. The smallest absolute Gasteiger partial charge is 0.420 e. The molecule has 0 bridgehead atoms. The highest BCUT2D eigenvalue weighted by Crippen LogP contribution is 2.33. The lowest BCUT2D eigenvalue weighted by atomic mass is 10.1. The van der Waals surface area contributed by atoms with Crippen molar-refractivity contribution in [3.63, 3.8) is 0 Å². The minimum absolute atomic E-state index is 0.00406. The third-order valence-electron chi connectivity index (χ3n) is 5.13. The van der Waals surface area contributed by atoms with E-state index in [1.165, 1.54) is 18.3 Å². The SMILES string of the molecule is CCc1ccc2cnn(C)c2c1NS(=O)c1ccc(-n2cc(C(F)(F)F)c(C(=O)OC)n2)nc1. The molecule has 0 aliphatic rings. The van der Waals surface area contributed by atoms with Crippen LogP contribution in [0.25, 0.3) is 16.7 Å². The summed E-state index contributed by atoms with van der Waals surface area (Å²) in [5, 5.41) is 8.81. The van der Waals surface area contributed by atoms with Gasteiger partial charge in [-0.3, -0.25) is 9.40 Å². The molecular formula is C21H19F3N6O3S. The first-order chi connectivity index (χ1) is 16.1. The average molecular weight is 492 g/mol. The van der Waals surface area contributed by atoms with Crippen LogP contribution in [0.5, 0.6) is 0 Å². The quantitative estimate of drug-likeness (QED) is 0.412. The van der Waals surface area contributed by atoms with Gasteiger partial charge in [0.15, 0.2) is 22.5 Å². The van der Waals surface area contributed by atoms with E-state index in [2.05, 4.69) is 24.6 Å². The van der Waals surface area contributed by atoms with Crippen molar-refractivity contribution in [1.82, 2.24) is 24.5 Å². The van der Waals surface area contributed by atoms with Gasteiger partial charge < -0.3 is 4.74 Å². The molecule has 178 valence electrons. The summed E-state index contributed by atoms with van der Waals surface area (Å²) in [5.74, 6) is -1.21. The summed E-state index contributed by atoms with van der Waals surface area (Å²) < 4.78 is 62.8. The number of rotatable bonds is 6. The van der Waals surface area contributed by atoms with Crippen molar-refractivity contribution < 1.29 is 26.9 Å². The number of aryl methyl sites for hydroxylation is 2. The van der Waals surface area contributed by atoms with E-state index in [1.807, 2.05) is 19.1 Å². The fraction of sp³-hybridized carbons (Fsp3) is 0.238. The number of nitrogens with one attached hydrogen (secondary N) is 1. The molecule has 0 aliphatic heterocycles. The monoisotopic (exact) mass is 492 g/mol. The van der Waals surface area contributed by atoms with Gasteiger partial charge in [0, 0.05) is 24.8 Å². The highest BCUT2D eigenvalue weighted by molar-refractivity contribution is 7.86. The van der Waals surface area contributed by atoms with Crippen LogP contribution in [0.1, 0.15) is 28.5 Å². The Morgan fingerprint density at radius 2 is 1.97 bits per heavy atom. The maximum atomic E-state index is 13.3. The van der Waals surface area contributed by atoms with Crippen molar-refractivity contribution >= 4 is 33.5 Å². The molecule has 13 heteroatoms. The molecule has 9 nitrogen and oxygen atoms in total. The summed E-state index contributed by atoms with van der Waals surface area (Å²) in [4.78, 5) is 16.1. The molecule has 0 spiro atoms. The lowest BCUT2D eigenvalue weighted by molar-refractivity contribution is -0.138. The van der Waals surface area contributed by atoms with Crippen LogP contribution < -0.4 is 4.72 Å². The number of pyridine rings is 1. The highest BCUT2D eigenvalue weighted by Gasteiger charge is 2.39. The zero-order valence-electron chi connectivity index (χ0n) is 18.3. The number of anilines is 1. The lowest BCUT2D eigenvalue weighted by Crippen LogP contribution is -2.12. The van der Waals surface area contributed by atoms with Gasteiger partial charge in [0.2, 0.25) is 0 Å². The molecule has 1 aromatic carbocycles. The van der Waals surface area contributed by atoms with Crippen LogP contribution in [0.3, 0.4) is 0 Å². The van der Waals surface area contributed by atoms with Crippen molar-refractivity contribution in [3.8, 4) is 5.82 Å². The number of hydrogen-bond donors (Lipinski definition) is 1. The number of carbonyl (C=O) groups excluding carboxylic acids is 1. The molecule has 0 amide bonds. The third kappa shape index (κ3) is 4.25. The predicted molar refractivity (Wildman–Crippen MR) is 118 cm³/mol. The molecule has 0 aliphatic carbocycles. The molecule has 0 saturated carbocycles. The molecule has 1 N–H and O–H groups in total. The number of benzene rings is 1. The molecule has 1 unspecified atom stereocenters. The minimum Gasteiger partial charge on any atom is -0.464 e. The number of hydrogen-bond acceptors (Lipinski definition) is 6. The van der Waals surface area contributed by atoms with E-state index in [9.17, 15) is 22.2 Å². The van der Waals surface area contributed by atoms with Crippen LogP contribution in [0.15, 0.2) is 47.8 Å². The number of alkyl halides is 3. The Kier molecular flexibility index (Phi) is 6.13. The number of ether oxygens (including phenoxy) is 1. The van der Waals surface area contributed by atoms with Crippen molar-refractivity contribution in [2.45, 2.75) is 24.4 Å². The van der Waals surface area contributed by atoms with E-state index in [0.717, 1.165) is 28.3 Å². The van der Waals surface area contributed by atoms with Gasteiger partial charge in [-0.1, -0.05) is 19.1 Å². The van der Waals surface area contributed by atoms with Gasteiger partial charge in [0.25, 0.3) is 0 Å². The first kappa shape index (κ1) is 23.4. The molecule has 1 atom stereocenters. The predicted octanol–water partition coefficient (Wildman–Crippen LogP) is 3.66. The zero-order valence-corrected chi connectivity index (χ0v) is 19.1. The lowest BCUT2D eigenvalue weighted by Gasteiger charge is -2.13. The Balaban J connectivity index is 1.64. The Morgan fingerprint density at radius 3 is 2.59 bits per heavy atom. The van der Waals surface area contributed by atoms with Gasteiger partial charge in [-0.15, -0.1) is 0 Å². The first-order valence-corrected chi connectivity index (χ1v) is 11.1. The summed E-state index contributed by atoms with van der Waals surface area (Å²) in [6, 6.07) is 6.68. The molecule has 34 heavy (non-hydrogen) atoms. The maximum absolute atomic E-state index is 13.3. The number of halogens is 3. The summed E-state index contributed by atoms with van der Waals surface area (Å²) in [6.07, 6.45) is -0.487. The van der Waals surface area contributed by atoms with Crippen LogP contribution in [0.2, 0.25) is 0 Å². The minimum atomic E-state index is -4.81. The highest BCUT2D eigenvalue weighted by atomic mass is 32.2. The van der Waals surface area contributed by atoms with E-state index >= 15 is 0 Å². The van der Waals surface area contributed by atoms with Gasteiger partial charge in [0.05, 0.1) is 29.4 Å². The number of esters is 1. The van der Waals surface area contributed by atoms with E-state index < -0.39 is 34.4 Å². The van der Waals surface area contributed by atoms with E-state index in [-0.39, 0.29) is 5.82 Å². The van der Waals surface area contributed by atoms with Crippen molar-refractivity contribution in [2.24, 2.45) is 7.05 Å². The van der Waals surface area contributed by atoms with E-state index in [4.69, 9.17) is 0 Å². The average Bonchev–Trinajstić information content (AvgIpc) is 3.43. The molecule has 4 rings (SSSR count). The van der Waals surface area contributed by atoms with Crippen LogP contribution in [0.4, 0.5) is 18.9 Å². The van der Waals surface area contributed by atoms with Crippen LogP contribution in [-0.2, 0) is 35.4 Å². The van der Waals surface area contributed by atoms with Crippen molar-refractivity contribution in [1.29, 1.82) is 0 Å². The molecule has 0 saturated heterocycles. The third-order valence-corrected chi connectivity index (χ3v) is 6.19. The summed E-state index contributed by atoms with van der Waals surface area (Å²) in [7, 11) is 1.03. The zero-order chi connectivity index (χ0) is 24.6.